The van der Waals surface area contributed by atoms with Gasteiger partial charge in [-0.25, -0.2) is 8.42 Å². The van der Waals surface area contributed by atoms with E-state index in [2.05, 4.69) is 0 Å². The second-order valence-electron chi connectivity index (χ2n) is 3.36. The molecule has 0 aromatic rings. The Bertz CT molecular complexity index is 209. The summed E-state index contributed by atoms with van der Waals surface area (Å²) in [6.07, 6.45) is 2.51. The fraction of sp³-hybridized carbons (Fsp3) is 1.00. The molecule has 1 unspecified atom stereocenters. The van der Waals surface area contributed by atoms with E-state index >= 15 is 0 Å². The van der Waals surface area contributed by atoms with Crippen molar-refractivity contribution in [3.05, 3.63) is 0 Å². The molecule has 1 atom stereocenters. The van der Waals surface area contributed by atoms with Gasteiger partial charge in [0.05, 0.1) is 5.75 Å². The molecule has 0 aliphatic heterocycles. The van der Waals surface area contributed by atoms with Crippen molar-refractivity contribution in [2.45, 2.75) is 33.1 Å². The van der Waals surface area contributed by atoms with Gasteiger partial charge in [0, 0.05) is 12.4 Å². The quantitative estimate of drug-likeness (QED) is 0.684. The number of rotatable bonds is 7. The largest absolute Gasteiger partial charge is 0.396 e. The van der Waals surface area contributed by atoms with Gasteiger partial charge >= 0.3 is 0 Å². The third kappa shape index (κ3) is 6.05. The van der Waals surface area contributed by atoms with Crippen molar-refractivity contribution >= 4 is 9.84 Å². The molecule has 80 valence electrons. The van der Waals surface area contributed by atoms with Crippen LogP contribution in [-0.4, -0.2) is 31.6 Å². The first-order valence-electron chi connectivity index (χ1n) is 4.87. The molecule has 1 N–H and O–H groups in total. The second kappa shape index (κ2) is 6.38. The van der Waals surface area contributed by atoms with E-state index in [9.17, 15) is 8.42 Å². The monoisotopic (exact) mass is 208 g/mol. The highest BCUT2D eigenvalue weighted by atomic mass is 32.2. The molecule has 0 amide bonds. The molecule has 0 aromatic carbocycles. The lowest BCUT2D eigenvalue weighted by Gasteiger charge is -2.11. The van der Waals surface area contributed by atoms with Crippen LogP contribution in [0.1, 0.15) is 33.1 Å². The lowest BCUT2D eigenvalue weighted by atomic mass is 10.0. The minimum Gasteiger partial charge on any atom is -0.396 e. The van der Waals surface area contributed by atoms with Gasteiger partial charge in [0.25, 0.3) is 0 Å². The van der Waals surface area contributed by atoms with Crippen molar-refractivity contribution in [1.82, 2.24) is 0 Å². The number of aliphatic hydroxyl groups excluding tert-OH is 1. The van der Waals surface area contributed by atoms with E-state index in [4.69, 9.17) is 5.11 Å². The van der Waals surface area contributed by atoms with E-state index < -0.39 is 9.84 Å². The van der Waals surface area contributed by atoms with E-state index in [0.29, 0.717) is 6.42 Å². The summed E-state index contributed by atoms with van der Waals surface area (Å²) in [4.78, 5) is 0. The predicted molar refractivity (Wildman–Crippen MR) is 54.4 cm³/mol. The molecule has 0 rings (SSSR count). The molecule has 0 spiro atoms. The van der Waals surface area contributed by atoms with E-state index in [-0.39, 0.29) is 24.0 Å². The molecular formula is C9H20O3S. The predicted octanol–water partition coefficient (Wildman–Crippen LogP) is 1.22. The van der Waals surface area contributed by atoms with E-state index in [1.807, 2.05) is 6.92 Å². The van der Waals surface area contributed by atoms with E-state index in [0.717, 1.165) is 12.8 Å². The Kier molecular flexibility index (Phi) is 6.33. The van der Waals surface area contributed by atoms with Gasteiger partial charge in [-0.2, -0.15) is 0 Å². The van der Waals surface area contributed by atoms with Crippen LogP contribution in [0, 0.1) is 5.92 Å². The Labute approximate surface area is 81.1 Å². The van der Waals surface area contributed by atoms with Crippen LogP contribution in [0.4, 0.5) is 0 Å². The van der Waals surface area contributed by atoms with E-state index in [1.165, 1.54) is 0 Å². The topological polar surface area (TPSA) is 54.4 Å². The molecule has 0 saturated carbocycles. The Balaban J connectivity index is 3.84. The lowest BCUT2D eigenvalue weighted by molar-refractivity contribution is 0.214. The van der Waals surface area contributed by atoms with Crippen molar-refractivity contribution in [2.24, 2.45) is 5.92 Å². The van der Waals surface area contributed by atoms with Gasteiger partial charge in [0.15, 0.2) is 0 Å². The van der Waals surface area contributed by atoms with Gasteiger partial charge in [-0.05, 0) is 18.8 Å². The minimum absolute atomic E-state index is 0.104. The summed E-state index contributed by atoms with van der Waals surface area (Å²) in [6, 6.07) is 0. The molecule has 4 heteroatoms. The normalized spacial score (nSPS) is 14.4. The molecule has 0 saturated heterocycles. The summed E-state index contributed by atoms with van der Waals surface area (Å²) in [5.74, 6) is 0.581. The van der Waals surface area contributed by atoms with Crippen molar-refractivity contribution in [2.75, 3.05) is 18.1 Å². The molecule has 3 nitrogen and oxygen atoms in total. The Morgan fingerprint density at radius 2 is 1.85 bits per heavy atom. The van der Waals surface area contributed by atoms with Crippen LogP contribution >= 0.6 is 0 Å². The highest BCUT2D eigenvalue weighted by Gasteiger charge is 2.12. The van der Waals surface area contributed by atoms with Crippen molar-refractivity contribution in [1.29, 1.82) is 0 Å². The molecule has 0 aliphatic carbocycles. The van der Waals surface area contributed by atoms with Crippen LogP contribution in [-0.2, 0) is 9.84 Å². The van der Waals surface area contributed by atoms with Crippen LogP contribution in [0.25, 0.3) is 0 Å². The van der Waals surface area contributed by atoms with Gasteiger partial charge in [-0.1, -0.05) is 20.3 Å². The van der Waals surface area contributed by atoms with Crippen molar-refractivity contribution < 1.29 is 13.5 Å². The average Bonchev–Trinajstić information content (AvgIpc) is 2.12. The van der Waals surface area contributed by atoms with Crippen molar-refractivity contribution in [3.63, 3.8) is 0 Å². The third-order valence-corrected chi connectivity index (χ3v) is 3.97. The summed E-state index contributed by atoms with van der Waals surface area (Å²) in [7, 11) is -2.85. The van der Waals surface area contributed by atoms with Crippen LogP contribution in [0.5, 0.6) is 0 Å². The first-order valence-corrected chi connectivity index (χ1v) is 6.69. The summed E-state index contributed by atoms with van der Waals surface area (Å²) in [5, 5.41) is 8.93. The first-order chi connectivity index (χ1) is 6.05. The highest BCUT2D eigenvalue weighted by molar-refractivity contribution is 7.91. The zero-order valence-corrected chi connectivity index (χ0v) is 9.31. The van der Waals surface area contributed by atoms with Crippen LogP contribution in [0.3, 0.4) is 0 Å². The summed E-state index contributed by atoms with van der Waals surface area (Å²) in [6.45, 7) is 3.80. The molecule has 0 fully saturated rings. The van der Waals surface area contributed by atoms with Gasteiger partial charge < -0.3 is 5.11 Å². The maximum atomic E-state index is 11.1. The molecule has 0 radical (unpaired) electrons. The average molecular weight is 208 g/mol. The molecule has 13 heavy (non-hydrogen) atoms. The number of aliphatic hydroxyl groups is 1. The fourth-order valence-corrected chi connectivity index (χ4v) is 2.21. The first kappa shape index (κ1) is 12.9. The maximum Gasteiger partial charge on any atom is 0.150 e. The standard InChI is InChI=1S/C9H20O3S/c1-3-5-9(8-10)6-7-13(11,12)4-2/h9-10H,3-8H2,1-2H3. The number of sulfone groups is 1. The Morgan fingerprint density at radius 3 is 2.23 bits per heavy atom. The summed E-state index contributed by atoms with van der Waals surface area (Å²) in [5.41, 5.74) is 0. The SMILES string of the molecule is CCCC(CO)CCS(=O)(=O)CC. The lowest BCUT2D eigenvalue weighted by Crippen LogP contribution is -2.15. The van der Waals surface area contributed by atoms with Crippen LogP contribution in [0.15, 0.2) is 0 Å². The third-order valence-electron chi connectivity index (χ3n) is 2.23. The minimum atomic E-state index is -2.85. The van der Waals surface area contributed by atoms with Gasteiger partial charge in [0.2, 0.25) is 0 Å². The summed E-state index contributed by atoms with van der Waals surface area (Å²) >= 11 is 0. The number of hydrogen-bond donors (Lipinski definition) is 1. The maximum absolute atomic E-state index is 11.1. The number of hydrogen-bond acceptors (Lipinski definition) is 3. The molecule has 0 aromatic heterocycles. The molecule has 0 aliphatic rings. The zero-order valence-electron chi connectivity index (χ0n) is 8.49. The van der Waals surface area contributed by atoms with Crippen LogP contribution < -0.4 is 0 Å². The zero-order chi connectivity index (χ0) is 10.3. The van der Waals surface area contributed by atoms with Gasteiger partial charge in [-0.15, -0.1) is 0 Å². The fourth-order valence-electron chi connectivity index (χ4n) is 1.23. The smallest absolute Gasteiger partial charge is 0.150 e. The second-order valence-corrected chi connectivity index (χ2v) is 5.84. The van der Waals surface area contributed by atoms with Crippen LogP contribution in [0.2, 0.25) is 0 Å². The van der Waals surface area contributed by atoms with Crippen molar-refractivity contribution in [3.8, 4) is 0 Å². The molecule has 0 heterocycles. The van der Waals surface area contributed by atoms with E-state index in [1.54, 1.807) is 6.92 Å². The Hall–Kier alpha value is -0.0900. The highest BCUT2D eigenvalue weighted by Crippen LogP contribution is 2.11. The molecular weight excluding hydrogens is 188 g/mol. The summed E-state index contributed by atoms with van der Waals surface area (Å²) < 4.78 is 22.3. The Morgan fingerprint density at radius 1 is 1.23 bits per heavy atom. The van der Waals surface area contributed by atoms with Gasteiger partial charge in [-0.3, -0.25) is 0 Å². The van der Waals surface area contributed by atoms with Gasteiger partial charge in [0.1, 0.15) is 9.84 Å². The molecule has 0 bridgehead atoms.